The highest BCUT2D eigenvalue weighted by Crippen LogP contribution is 2.20. The zero-order valence-electron chi connectivity index (χ0n) is 15.3. The number of amides is 1. The van der Waals surface area contributed by atoms with E-state index in [0.29, 0.717) is 18.8 Å². The molecular formula is C19H25ClN4O3. The molecule has 3 heterocycles. The second kappa shape index (κ2) is 8.71. The minimum atomic E-state index is -0.0361. The van der Waals surface area contributed by atoms with E-state index >= 15 is 0 Å². The molecule has 0 saturated carbocycles. The quantitative estimate of drug-likeness (QED) is 0.855. The van der Waals surface area contributed by atoms with Crippen LogP contribution >= 0.6 is 12.4 Å². The molecule has 0 atom stereocenters. The third-order valence-corrected chi connectivity index (χ3v) is 5.44. The molecule has 0 aromatic carbocycles. The Morgan fingerprint density at radius 2 is 1.89 bits per heavy atom. The molecule has 0 spiro atoms. The Morgan fingerprint density at radius 3 is 2.59 bits per heavy atom. The van der Waals surface area contributed by atoms with Crippen molar-refractivity contribution >= 4 is 18.3 Å². The Bertz CT molecular complexity index is 826. The Morgan fingerprint density at radius 1 is 1.15 bits per heavy atom. The van der Waals surface area contributed by atoms with Crippen LogP contribution in [0.5, 0.6) is 0 Å². The van der Waals surface area contributed by atoms with Crippen LogP contribution in [0.25, 0.3) is 0 Å². The van der Waals surface area contributed by atoms with E-state index in [1.165, 1.54) is 11.8 Å². The van der Waals surface area contributed by atoms with Crippen molar-refractivity contribution in [1.29, 1.82) is 0 Å². The number of aromatic nitrogens is 2. The molecule has 1 fully saturated rings. The molecule has 2 aromatic rings. The molecule has 1 aliphatic carbocycles. The number of nitrogens with one attached hydrogen (secondary N) is 1. The maximum atomic E-state index is 12.3. The number of hydrogen-bond acceptors (Lipinski definition) is 5. The molecule has 8 heteroatoms. The smallest absolute Gasteiger partial charge is 0.289 e. The molecule has 27 heavy (non-hydrogen) atoms. The van der Waals surface area contributed by atoms with Crippen LogP contribution in [-0.2, 0) is 19.3 Å². The van der Waals surface area contributed by atoms with Crippen LogP contribution in [0.3, 0.4) is 0 Å². The fraction of sp³-hybridized carbons (Fsp3) is 0.526. The average molecular weight is 393 g/mol. The standard InChI is InChI=1S/C19H24N4O3.ClH/c24-18-15-5-2-1-4-14(15)16(20-21-18)7-8-22-9-11-23(12-10-22)19(25)17-6-3-13-26-17;/h3,6,13H,1-2,4-5,7-12H2,(H,21,24);1H. The lowest BCUT2D eigenvalue weighted by molar-refractivity contribution is 0.0607. The second-order valence-electron chi connectivity index (χ2n) is 7.02. The van der Waals surface area contributed by atoms with Gasteiger partial charge in [-0.1, -0.05) is 0 Å². The summed E-state index contributed by atoms with van der Waals surface area (Å²) in [6.45, 7) is 4.00. The van der Waals surface area contributed by atoms with Gasteiger partial charge < -0.3 is 9.32 Å². The van der Waals surface area contributed by atoms with Gasteiger partial charge in [0, 0.05) is 44.7 Å². The van der Waals surface area contributed by atoms with Gasteiger partial charge in [-0.3, -0.25) is 14.5 Å². The summed E-state index contributed by atoms with van der Waals surface area (Å²) < 4.78 is 5.20. The van der Waals surface area contributed by atoms with Gasteiger partial charge in [0.2, 0.25) is 0 Å². The fourth-order valence-corrected chi connectivity index (χ4v) is 3.93. The first-order chi connectivity index (χ1) is 12.7. The van der Waals surface area contributed by atoms with Crippen LogP contribution in [0.2, 0.25) is 0 Å². The van der Waals surface area contributed by atoms with Crippen LogP contribution in [-0.4, -0.2) is 58.6 Å². The lowest BCUT2D eigenvalue weighted by Crippen LogP contribution is -2.49. The molecule has 1 saturated heterocycles. The molecular weight excluding hydrogens is 368 g/mol. The molecule has 0 radical (unpaired) electrons. The van der Waals surface area contributed by atoms with Gasteiger partial charge in [0.1, 0.15) is 0 Å². The van der Waals surface area contributed by atoms with E-state index in [2.05, 4.69) is 15.1 Å². The van der Waals surface area contributed by atoms with E-state index in [1.807, 2.05) is 4.90 Å². The van der Waals surface area contributed by atoms with Crippen molar-refractivity contribution in [2.75, 3.05) is 32.7 Å². The van der Waals surface area contributed by atoms with Crippen LogP contribution in [0.1, 0.15) is 40.2 Å². The zero-order valence-corrected chi connectivity index (χ0v) is 16.1. The van der Waals surface area contributed by atoms with Gasteiger partial charge in [0.15, 0.2) is 5.76 Å². The van der Waals surface area contributed by atoms with Gasteiger partial charge >= 0.3 is 0 Å². The van der Waals surface area contributed by atoms with Crippen molar-refractivity contribution < 1.29 is 9.21 Å². The third kappa shape index (κ3) is 4.25. The summed E-state index contributed by atoms with van der Waals surface area (Å²) in [6.07, 6.45) is 6.43. The third-order valence-electron chi connectivity index (χ3n) is 5.44. The van der Waals surface area contributed by atoms with Gasteiger partial charge in [-0.25, -0.2) is 5.10 Å². The molecule has 146 valence electrons. The molecule has 1 amide bonds. The number of carbonyl (C=O) groups excluding carboxylic acids is 1. The van der Waals surface area contributed by atoms with Crippen LogP contribution < -0.4 is 5.56 Å². The molecule has 2 aliphatic rings. The molecule has 2 aromatic heterocycles. The van der Waals surface area contributed by atoms with E-state index in [0.717, 1.165) is 63.0 Å². The van der Waals surface area contributed by atoms with Gasteiger partial charge in [0.05, 0.1) is 12.0 Å². The summed E-state index contributed by atoms with van der Waals surface area (Å²) in [4.78, 5) is 28.5. The predicted molar refractivity (Wildman–Crippen MR) is 104 cm³/mol. The SMILES string of the molecule is Cl.O=C(c1ccco1)N1CCN(CCc2n[nH]c(=O)c3c2CCCC3)CC1. The molecule has 0 bridgehead atoms. The van der Waals surface area contributed by atoms with Crippen LogP contribution in [0.15, 0.2) is 27.6 Å². The summed E-state index contributed by atoms with van der Waals surface area (Å²) in [5, 5.41) is 6.98. The first-order valence-electron chi connectivity index (χ1n) is 9.37. The van der Waals surface area contributed by atoms with Gasteiger partial charge in [-0.15, -0.1) is 12.4 Å². The lowest BCUT2D eigenvalue weighted by Gasteiger charge is -2.34. The van der Waals surface area contributed by atoms with Crippen molar-refractivity contribution in [3.05, 3.63) is 51.3 Å². The minimum Gasteiger partial charge on any atom is -0.459 e. The van der Waals surface area contributed by atoms with Crippen LogP contribution in [0.4, 0.5) is 0 Å². The number of piperazine rings is 1. The number of aromatic amines is 1. The van der Waals surface area contributed by atoms with Gasteiger partial charge in [0.25, 0.3) is 11.5 Å². The highest BCUT2D eigenvalue weighted by atomic mass is 35.5. The Hall–Kier alpha value is -2.12. The number of carbonyl (C=O) groups is 1. The zero-order chi connectivity index (χ0) is 17.9. The second-order valence-corrected chi connectivity index (χ2v) is 7.02. The topological polar surface area (TPSA) is 82.4 Å². The lowest BCUT2D eigenvalue weighted by atomic mass is 9.91. The summed E-state index contributed by atoms with van der Waals surface area (Å²) in [5.74, 6) is 0.369. The first-order valence-corrected chi connectivity index (χ1v) is 9.37. The summed E-state index contributed by atoms with van der Waals surface area (Å²) in [6, 6.07) is 3.45. The highest BCUT2D eigenvalue weighted by Gasteiger charge is 2.24. The molecule has 4 rings (SSSR count). The summed E-state index contributed by atoms with van der Waals surface area (Å²) in [5.41, 5.74) is 3.13. The number of halogens is 1. The van der Waals surface area contributed by atoms with E-state index < -0.39 is 0 Å². The Labute approximate surface area is 164 Å². The largest absolute Gasteiger partial charge is 0.459 e. The predicted octanol–water partition coefficient (Wildman–Crippen LogP) is 1.66. The van der Waals surface area contributed by atoms with Crippen molar-refractivity contribution in [3.8, 4) is 0 Å². The van der Waals surface area contributed by atoms with Crippen LogP contribution in [0, 0.1) is 0 Å². The number of furan rings is 1. The number of fused-ring (bicyclic) bond motifs is 1. The molecule has 0 unspecified atom stereocenters. The first kappa shape index (κ1) is 19.6. The maximum absolute atomic E-state index is 12.3. The maximum Gasteiger partial charge on any atom is 0.289 e. The van der Waals surface area contributed by atoms with E-state index in [9.17, 15) is 9.59 Å². The fourth-order valence-electron chi connectivity index (χ4n) is 3.93. The molecule has 1 N–H and O–H groups in total. The number of rotatable bonds is 4. The van der Waals surface area contributed by atoms with E-state index in [-0.39, 0.29) is 23.9 Å². The van der Waals surface area contributed by atoms with Gasteiger partial charge in [-0.05, 0) is 43.4 Å². The van der Waals surface area contributed by atoms with E-state index in [4.69, 9.17) is 4.42 Å². The number of H-pyrrole nitrogens is 1. The average Bonchev–Trinajstić information content (AvgIpc) is 3.22. The van der Waals surface area contributed by atoms with Gasteiger partial charge in [-0.2, -0.15) is 5.10 Å². The Kier molecular flexibility index (Phi) is 6.34. The van der Waals surface area contributed by atoms with Crippen molar-refractivity contribution in [1.82, 2.24) is 20.0 Å². The number of nitrogens with zero attached hydrogens (tertiary/aromatic N) is 3. The minimum absolute atomic E-state index is 0. The monoisotopic (exact) mass is 392 g/mol. The summed E-state index contributed by atoms with van der Waals surface area (Å²) >= 11 is 0. The van der Waals surface area contributed by atoms with Crippen molar-refractivity contribution in [2.45, 2.75) is 32.1 Å². The van der Waals surface area contributed by atoms with E-state index in [1.54, 1.807) is 12.1 Å². The van der Waals surface area contributed by atoms with Crippen molar-refractivity contribution in [2.24, 2.45) is 0 Å². The summed E-state index contributed by atoms with van der Waals surface area (Å²) in [7, 11) is 0. The number of hydrogen-bond donors (Lipinski definition) is 1. The highest BCUT2D eigenvalue weighted by molar-refractivity contribution is 5.91. The molecule has 1 aliphatic heterocycles. The molecule has 7 nitrogen and oxygen atoms in total. The van der Waals surface area contributed by atoms with Crippen molar-refractivity contribution in [3.63, 3.8) is 0 Å². The normalized spacial score (nSPS) is 17.3. The Balaban J connectivity index is 0.00000210.